The van der Waals surface area contributed by atoms with Gasteiger partial charge >= 0.3 is 5.97 Å². The lowest BCUT2D eigenvalue weighted by Crippen LogP contribution is -2.25. The van der Waals surface area contributed by atoms with Crippen LogP contribution in [0, 0.1) is 11.3 Å². The van der Waals surface area contributed by atoms with E-state index in [1.54, 1.807) is 0 Å². The van der Waals surface area contributed by atoms with E-state index in [1.165, 1.54) is 22.9 Å². The standard InChI is InChI=1S/C10H10N2O3/c11-5-1-2-6-12-7-3-4-8(9(12)13)10(14)15/h3-4,7H,1-2,6H2,(H,14,15). The molecule has 0 atom stereocenters. The minimum atomic E-state index is -1.23. The molecule has 0 aliphatic carbocycles. The third kappa shape index (κ3) is 2.68. The van der Waals surface area contributed by atoms with E-state index in [2.05, 4.69) is 0 Å². The van der Waals surface area contributed by atoms with Crippen LogP contribution in [-0.4, -0.2) is 15.6 Å². The molecule has 0 radical (unpaired) electrons. The van der Waals surface area contributed by atoms with Gasteiger partial charge in [0.2, 0.25) is 0 Å². The van der Waals surface area contributed by atoms with Gasteiger partial charge in [-0.3, -0.25) is 4.79 Å². The predicted octanol–water partition coefficient (Wildman–Crippen LogP) is 0.850. The van der Waals surface area contributed by atoms with Crippen LogP contribution in [0.4, 0.5) is 0 Å². The van der Waals surface area contributed by atoms with Crippen molar-refractivity contribution in [2.75, 3.05) is 0 Å². The minimum absolute atomic E-state index is 0.241. The van der Waals surface area contributed by atoms with Crippen molar-refractivity contribution in [1.82, 2.24) is 4.57 Å². The summed E-state index contributed by atoms with van der Waals surface area (Å²) < 4.78 is 1.31. The maximum atomic E-state index is 11.5. The zero-order valence-corrected chi connectivity index (χ0v) is 8.01. The van der Waals surface area contributed by atoms with Crippen molar-refractivity contribution in [1.29, 1.82) is 5.26 Å². The Morgan fingerprint density at radius 1 is 1.60 bits per heavy atom. The van der Waals surface area contributed by atoms with Crippen molar-refractivity contribution < 1.29 is 9.90 Å². The Kier molecular flexibility index (Phi) is 3.63. The Balaban J connectivity index is 2.91. The Morgan fingerprint density at radius 3 is 2.93 bits per heavy atom. The monoisotopic (exact) mass is 206 g/mol. The van der Waals surface area contributed by atoms with Crippen molar-refractivity contribution in [2.24, 2.45) is 0 Å². The van der Waals surface area contributed by atoms with E-state index in [4.69, 9.17) is 10.4 Å². The van der Waals surface area contributed by atoms with Crippen LogP contribution in [0.3, 0.4) is 0 Å². The second-order valence-corrected chi connectivity index (χ2v) is 2.99. The average molecular weight is 206 g/mol. The van der Waals surface area contributed by atoms with E-state index in [-0.39, 0.29) is 5.56 Å². The van der Waals surface area contributed by atoms with Crippen LogP contribution in [0.1, 0.15) is 23.2 Å². The van der Waals surface area contributed by atoms with Crippen molar-refractivity contribution >= 4 is 5.97 Å². The molecule has 1 N–H and O–H groups in total. The molecule has 0 aromatic carbocycles. The third-order valence-corrected chi connectivity index (χ3v) is 1.94. The Labute approximate surface area is 86.2 Å². The summed E-state index contributed by atoms with van der Waals surface area (Å²) in [6, 6.07) is 4.74. The number of aromatic nitrogens is 1. The summed E-state index contributed by atoms with van der Waals surface area (Å²) in [4.78, 5) is 22.1. The quantitative estimate of drug-likeness (QED) is 0.740. The first-order valence-electron chi connectivity index (χ1n) is 4.46. The Hall–Kier alpha value is -2.09. The van der Waals surface area contributed by atoms with Gasteiger partial charge in [0.1, 0.15) is 5.56 Å². The molecule has 0 saturated carbocycles. The highest BCUT2D eigenvalue weighted by Gasteiger charge is 2.09. The first-order valence-corrected chi connectivity index (χ1v) is 4.46. The van der Waals surface area contributed by atoms with Crippen LogP contribution >= 0.6 is 0 Å². The maximum Gasteiger partial charge on any atom is 0.341 e. The molecule has 5 nitrogen and oxygen atoms in total. The topological polar surface area (TPSA) is 83.1 Å². The molecular formula is C10H10N2O3. The SMILES string of the molecule is N#CCCCn1cccc(C(=O)O)c1=O. The Morgan fingerprint density at radius 2 is 2.33 bits per heavy atom. The normalized spacial score (nSPS) is 9.53. The van der Waals surface area contributed by atoms with Crippen LogP contribution in [0.5, 0.6) is 0 Å². The van der Waals surface area contributed by atoms with Gasteiger partial charge in [-0.1, -0.05) is 0 Å². The van der Waals surface area contributed by atoms with Gasteiger partial charge in [-0.2, -0.15) is 5.26 Å². The molecule has 0 bridgehead atoms. The van der Waals surface area contributed by atoms with E-state index in [0.29, 0.717) is 19.4 Å². The molecule has 1 rings (SSSR count). The number of unbranched alkanes of at least 4 members (excludes halogenated alkanes) is 1. The predicted molar refractivity (Wildman–Crippen MR) is 52.5 cm³/mol. The molecule has 5 heteroatoms. The van der Waals surface area contributed by atoms with E-state index in [0.717, 1.165) is 0 Å². The highest BCUT2D eigenvalue weighted by Crippen LogP contribution is 1.95. The summed E-state index contributed by atoms with van der Waals surface area (Å²) >= 11 is 0. The zero-order valence-electron chi connectivity index (χ0n) is 8.01. The Bertz CT molecular complexity index is 456. The summed E-state index contributed by atoms with van der Waals surface area (Å²) in [6.07, 6.45) is 2.41. The van der Waals surface area contributed by atoms with Crippen molar-refractivity contribution in [3.63, 3.8) is 0 Å². The zero-order chi connectivity index (χ0) is 11.3. The van der Waals surface area contributed by atoms with Gasteiger partial charge in [-0.05, 0) is 18.6 Å². The van der Waals surface area contributed by atoms with E-state index >= 15 is 0 Å². The highest BCUT2D eigenvalue weighted by molar-refractivity contribution is 5.86. The van der Waals surface area contributed by atoms with Gasteiger partial charge in [0.25, 0.3) is 5.56 Å². The first-order chi connectivity index (χ1) is 7.16. The largest absolute Gasteiger partial charge is 0.477 e. The van der Waals surface area contributed by atoms with E-state index < -0.39 is 11.5 Å². The number of carboxylic acids is 1. The molecule has 78 valence electrons. The number of carbonyl (C=O) groups is 1. The van der Waals surface area contributed by atoms with Gasteiger partial charge < -0.3 is 9.67 Å². The third-order valence-electron chi connectivity index (χ3n) is 1.94. The minimum Gasteiger partial charge on any atom is -0.477 e. The summed E-state index contributed by atoms with van der Waals surface area (Å²) in [5.74, 6) is -1.23. The van der Waals surface area contributed by atoms with Crippen LogP contribution in [0.15, 0.2) is 23.1 Å². The van der Waals surface area contributed by atoms with E-state index in [9.17, 15) is 9.59 Å². The van der Waals surface area contributed by atoms with Crippen molar-refractivity contribution in [2.45, 2.75) is 19.4 Å². The molecule has 1 aromatic rings. The maximum absolute atomic E-state index is 11.5. The summed E-state index contributed by atoms with van der Waals surface area (Å²) in [6.45, 7) is 0.369. The number of nitriles is 1. The number of hydrogen-bond donors (Lipinski definition) is 1. The van der Waals surface area contributed by atoms with Crippen LogP contribution in [0.2, 0.25) is 0 Å². The van der Waals surface area contributed by atoms with Gasteiger partial charge in [-0.25, -0.2) is 4.79 Å². The summed E-state index contributed by atoms with van der Waals surface area (Å²) in [7, 11) is 0. The molecule has 0 saturated heterocycles. The molecule has 0 fully saturated rings. The van der Waals surface area contributed by atoms with Gasteiger partial charge in [0.15, 0.2) is 0 Å². The van der Waals surface area contributed by atoms with Gasteiger partial charge in [0, 0.05) is 19.2 Å². The molecule has 15 heavy (non-hydrogen) atoms. The molecular weight excluding hydrogens is 196 g/mol. The lowest BCUT2D eigenvalue weighted by atomic mass is 10.2. The van der Waals surface area contributed by atoms with Crippen LogP contribution < -0.4 is 5.56 Å². The number of rotatable bonds is 4. The number of hydrogen-bond acceptors (Lipinski definition) is 3. The molecule has 0 aliphatic heterocycles. The van der Waals surface area contributed by atoms with Crippen LogP contribution in [0.25, 0.3) is 0 Å². The smallest absolute Gasteiger partial charge is 0.341 e. The van der Waals surface area contributed by atoms with Crippen LogP contribution in [-0.2, 0) is 6.54 Å². The molecule has 0 amide bonds. The van der Waals surface area contributed by atoms with Crippen molar-refractivity contribution in [3.8, 4) is 6.07 Å². The number of carboxylic acid groups (broad SMARTS) is 1. The number of aromatic carboxylic acids is 1. The van der Waals surface area contributed by atoms with E-state index in [1.807, 2.05) is 6.07 Å². The second kappa shape index (κ2) is 4.96. The fourth-order valence-corrected chi connectivity index (χ4v) is 1.20. The molecule has 1 aromatic heterocycles. The molecule has 1 heterocycles. The van der Waals surface area contributed by atoms with Gasteiger partial charge in [-0.15, -0.1) is 0 Å². The molecule has 0 spiro atoms. The van der Waals surface area contributed by atoms with Gasteiger partial charge in [0.05, 0.1) is 6.07 Å². The fourth-order valence-electron chi connectivity index (χ4n) is 1.20. The summed E-state index contributed by atoms with van der Waals surface area (Å²) in [5, 5.41) is 17.0. The summed E-state index contributed by atoms with van der Waals surface area (Å²) in [5.41, 5.74) is -0.766. The number of pyridine rings is 1. The number of aryl methyl sites for hydroxylation is 1. The molecule has 0 aliphatic rings. The molecule has 0 unspecified atom stereocenters. The first kappa shape index (κ1) is 11.0. The lowest BCUT2D eigenvalue weighted by molar-refractivity contribution is 0.0694. The van der Waals surface area contributed by atoms with Crippen molar-refractivity contribution in [3.05, 3.63) is 34.2 Å². The lowest BCUT2D eigenvalue weighted by Gasteiger charge is -2.03. The average Bonchev–Trinajstić information content (AvgIpc) is 2.20. The fraction of sp³-hybridized carbons (Fsp3) is 0.300. The second-order valence-electron chi connectivity index (χ2n) is 2.99. The number of nitrogens with zero attached hydrogens (tertiary/aromatic N) is 2. The highest BCUT2D eigenvalue weighted by atomic mass is 16.4.